The number of aromatic nitrogens is 1. The predicted octanol–water partition coefficient (Wildman–Crippen LogP) is 2.19. The van der Waals surface area contributed by atoms with Gasteiger partial charge in [-0.1, -0.05) is 18.2 Å². The third kappa shape index (κ3) is 2.72. The number of para-hydroxylation sites is 1. The Balaban J connectivity index is 1.89. The van der Waals surface area contributed by atoms with Gasteiger partial charge in [-0.2, -0.15) is 0 Å². The topological polar surface area (TPSA) is 46.1 Å². The molecule has 0 radical (unpaired) electrons. The molecule has 1 fully saturated rings. The van der Waals surface area contributed by atoms with Crippen LogP contribution in [0.4, 0.5) is 0 Å². The quantitative estimate of drug-likeness (QED) is 0.907. The molecule has 21 heavy (non-hydrogen) atoms. The SMILES string of the molecule is Cc1cc(C(=O)NC2CCNC2)c(C)n1-c1ccccc1. The largest absolute Gasteiger partial charge is 0.348 e. The van der Waals surface area contributed by atoms with Gasteiger partial charge in [0.05, 0.1) is 5.56 Å². The molecule has 0 aliphatic carbocycles. The molecule has 0 saturated carbocycles. The van der Waals surface area contributed by atoms with Gasteiger partial charge in [-0.05, 0) is 45.0 Å². The van der Waals surface area contributed by atoms with Crippen LogP contribution in [0.1, 0.15) is 28.2 Å². The van der Waals surface area contributed by atoms with E-state index in [2.05, 4.69) is 27.3 Å². The molecule has 1 amide bonds. The van der Waals surface area contributed by atoms with Gasteiger partial charge < -0.3 is 15.2 Å². The highest BCUT2D eigenvalue weighted by atomic mass is 16.1. The van der Waals surface area contributed by atoms with E-state index in [1.165, 1.54) is 0 Å². The number of hydrogen-bond donors (Lipinski definition) is 2. The van der Waals surface area contributed by atoms with Crippen LogP contribution < -0.4 is 10.6 Å². The molecule has 2 heterocycles. The molecule has 3 rings (SSSR count). The van der Waals surface area contributed by atoms with Gasteiger partial charge in [-0.15, -0.1) is 0 Å². The number of nitrogens with zero attached hydrogens (tertiary/aromatic N) is 1. The molecular formula is C17H21N3O. The zero-order chi connectivity index (χ0) is 14.8. The van der Waals surface area contributed by atoms with E-state index in [4.69, 9.17) is 0 Å². The van der Waals surface area contributed by atoms with Gasteiger partial charge in [0, 0.05) is 29.7 Å². The van der Waals surface area contributed by atoms with Gasteiger partial charge in [-0.3, -0.25) is 4.79 Å². The lowest BCUT2D eigenvalue weighted by Gasteiger charge is -2.12. The number of hydrogen-bond acceptors (Lipinski definition) is 2. The second-order valence-corrected chi connectivity index (χ2v) is 5.62. The Morgan fingerprint density at radius 3 is 2.71 bits per heavy atom. The summed E-state index contributed by atoms with van der Waals surface area (Å²) in [7, 11) is 0. The van der Waals surface area contributed by atoms with E-state index in [1.807, 2.05) is 38.1 Å². The standard InChI is InChI=1S/C17H21N3O/c1-12-10-16(17(21)19-14-8-9-18-11-14)13(2)20(12)15-6-4-3-5-7-15/h3-7,10,14,18H,8-9,11H2,1-2H3,(H,19,21). The Kier molecular flexibility index (Phi) is 3.80. The van der Waals surface area contributed by atoms with Crippen LogP contribution in [0.2, 0.25) is 0 Å². The summed E-state index contributed by atoms with van der Waals surface area (Å²) in [5.41, 5.74) is 3.92. The first kappa shape index (κ1) is 13.9. The molecular weight excluding hydrogens is 262 g/mol. The van der Waals surface area contributed by atoms with Crippen molar-refractivity contribution in [2.75, 3.05) is 13.1 Å². The van der Waals surface area contributed by atoms with E-state index in [0.29, 0.717) is 0 Å². The Morgan fingerprint density at radius 2 is 2.05 bits per heavy atom. The van der Waals surface area contributed by atoms with Gasteiger partial charge in [-0.25, -0.2) is 0 Å². The van der Waals surface area contributed by atoms with Crippen molar-refractivity contribution in [3.05, 3.63) is 53.3 Å². The van der Waals surface area contributed by atoms with Gasteiger partial charge in [0.25, 0.3) is 5.91 Å². The first-order valence-electron chi connectivity index (χ1n) is 7.43. The molecule has 1 unspecified atom stereocenters. The van der Waals surface area contributed by atoms with Crippen LogP contribution in [0, 0.1) is 13.8 Å². The molecule has 4 nitrogen and oxygen atoms in total. The molecule has 1 aromatic heterocycles. The summed E-state index contributed by atoms with van der Waals surface area (Å²) in [5.74, 6) is 0.0268. The maximum atomic E-state index is 12.5. The number of carbonyl (C=O) groups excluding carboxylic acids is 1. The van der Waals surface area contributed by atoms with Crippen molar-refractivity contribution in [3.8, 4) is 5.69 Å². The lowest BCUT2D eigenvalue weighted by molar-refractivity contribution is 0.0939. The summed E-state index contributed by atoms with van der Waals surface area (Å²) < 4.78 is 2.13. The van der Waals surface area contributed by atoms with Crippen LogP contribution in [0.3, 0.4) is 0 Å². The highest BCUT2D eigenvalue weighted by Gasteiger charge is 2.21. The fourth-order valence-corrected chi connectivity index (χ4v) is 3.01. The molecule has 1 aliphatic heterocycles. The van der Waals surface area contributed by atoms with Crippen LogP contribution in [0.15, 0.2) is 36.4 Å². The van der Waals surface area contributed by atoms with Crippen molar-refractivity contribution in [1.82, 2.24) is 15.2 Å². The zero-order valence-corrected chi connectivity index (χ0v) is 12.5. The average molecular weight is 283 g/mol. The average Bonchev–Trinajstić information content (AvgIpc) is 3.08. The van der Waals surface area contributed by atoms with Crippen molar-refractivity contribution in [2.45, 2.75) is 26.3 Å². The normalized spacial score (nSPS) is 17.9. The molecule has 2 aromatic rings. The third-order valence-corrected chi connectivity index (χ3v) is 4.09. The monoisotopic (exact) mass is 283 g/mol. The molecule has 110 valence electrons. The number of amides is 1. The number of rotatable bonds is 3. The highest BCUT2D eigenvalue weighted by molar-refractivity contribution is 5.96. The van der Waals surface area contributed by atoms with E-state index < -0.39 is 0 Å². The van der Waals surface area contributed by atoms with Crippen LogP contribution in [0.25, 0.3) is 5.69 Å². The van der Waals surface area contributed by atoms with E-state index >= 15 is 0 Å². The number of benzene rings is 1. The van der Waals surface area contributed by atoms with E-state index in [1.54, 1.807) is 0 Å². The summed E-state index contributed by atoms with van der Waals surface area (Å²) in [4.78, 5) is 12.5. The maximum Gasteiger partial charge on any atom is 0.253 e. The van der Waals surface area contributed by atoms with Gasteiger partial charge in [0.1, 0.15) is 0 Å². The van der Waals surface area contributed by atoms with E-state index in [9.17, 15) is 4.79 Å². The van der Waals surface area contributed by atoms with Gasteiger partial charge in [0.15, 0.2) is 0 Å². The Labute approximate surface area is 125 Å². The predicted molar refractivity (Wildman–Crippen MR) is 84.0 cm³/mol. The fourth-order valence-electron chi connectivity index (χ4n) is 3.01. The third-order valence-electron chi connectivity index (χ3n) is 4.09. The van der Waals surface area contributed by atoms with Gasteiger partial charge >= 0.3 is 0 Å². The first-order valence-corrected chi connectivity index (χ1v) is 7.43. The van der Waals surface area contributed by atoms with Crippen LogP contribution >= 0.6 is 0 Å². The number of aryl methyl sites for hydroxylation is 1. The minimum absolute atomic E-state index is 0.0268. The lowest BCUT2D eigenvalue weighted by Crippen LogP contribution is -2.36. The molecule has 1 aliphatic rings. The van der Waals surface area contributed by atoms with Crippen molar-refractivity contribution < 1.29 is 4.79 Å². The first-order chi connectivity index (χ1) is 10.2. The lowest BCUT2D eigenvalue weighted by atomic mass is 10.2. The maximum absolute atomic E-state index is 12.5. The summed E-state index contributed by atoms with van der Waals surface area (Å²) in [5, 5.41) is 6.38. The summed E-state index contributed by atoms with van der Waals surface area (Å²) >= 11 is 0. The van der Waals surface area contributed by atoms with Crippen molar-refractivity contribution in [1.29, 1.82) is 0 Å². The molecule has 1 saturated heterocycles. The van der Waals surface area contributed by atoms with Crippen molar-refractivity contribution >= 4 is 5.91 Å². The Morgan fingerprint density at radius 1 is 1.29 bits per heavy atom. The van der Waals surface area contributed by atoms with E-state index in [-0.39, 0.29) is 11.9 Å². The second kappa shape index (κ2) is 5.74. The molecule has 1 atom stereocenters. The van der Waals surface area contributed by atoms with Gasteiger partial charge in [0.2, 0.25) is 0 Å². The molecule has 0 spiro atoms. The fraction of sp³-hybridized carbons (Fsp3) is 0.353. The molecule has 4 heteroatoms. The highest BCUT2D eigenvalue weighted by Crippen LogP contribution is 2.20. The zero-order valence-electron chi connectivity index (χ0n) is 12.5. The number of carbonyl (C=O) groups is 1. The molecule has 0 bridgehead atoms. The molecule has 2 N–H and O–H groups in total. The molecule has 1 aromatic carbocycles. The minimum atomic E-state index is 0.0268. The smallest absolute Gasteiger partial charge is 0.253 e. The Hall–Kier alpha value is -2.07. The minimum Gasteiger partial charge on any atom is -0.348 e. The Bertz CT molecular complexity index is 640. The summed E-state index contributed by atoms with van der Waals surface area (Å²) in [6.45, 7) is 5.88. The number of nitrogens with one attached hydrogen (secondary N) is 2. The van der Waals surface area contributed by atoms with Crippen LogP contribution in [0.5, 0.6) is 0 Å². The second-order valence-electron chi connectivity index (χ2n) is 5.62. The van der Waals surface area contributed by atoms with Crippen molar-refractivity contribution in [3.63, 3.8) is 0 Å². The summed E-state index contributed by atoms with van der Waals surface area (Å²) in [6.07, 6.45) is 1.00. The summed E-state index contributed by atoms with van der Waals surface area (Å²) in [6, 6.07) is 12.4. The van der Waals surface area contributed by atoms with Crippen LogP contribution in [-0.4, -0.2) is 29.6 Å². The van der Waals surface area contributed by atoms with Crippen LogP contribution in [-0.2, 0) is 0 Å². The van der Waals surface area contributed by atoms with Crippen molar-refractivity contribution in [2.24, 2.45) is 0 Å². The van der Waals surface area contributed by atoms with E-state index in [0.717, 1.165) is 42.1 Å².